The van der Waals surface area contributed by atoms with E-state index in [0.29, 0.717) is 29.6 Å². The standard InChI is InChI=1S/C19H26N8OS/c1-13(2)21-16-22-17(26(4)5)24-18(23-16)27-12-20-19(25-27)29-11-10-28-15-8-6-14(3)7-9-15/h6-9,12-13H,10-11H2,1-5H3,(H,21,22,23,24). The number of ether oxygens (including phenoxy) is 1. The van der Waals surface area contributed by atoms with Gasteiger partial charge in [-0.1, -0.05) is 29.5 Å². The molecule has 0 radical (unpaired) electrons. The van der Waals surface area contributed by atoms with Crippen molar-refractivity contribution in [1.82, 2.24) is 29.7 Å². The second-order valence-electron chi connectivity index (χ2n) is 6.93. The quantitative estimate of drug-likeness (QED) is 0.419. The Hall–Kier alpha value is -2.88. The smallest absolute Gasteiger partial charge is 0.258 e. The average Bonchev–Trinajstić information content (AvgIpc) is 3.15. The zero-order chi connectivity index (χ0) is 20.8. The lowest BCUT2D eigenvalue weighted by molar-refractivity contribution is 0.344. The predicted molar refractivity (Wildman–Crippen MR) is 115 cm³/mol. The molecule has 3 rings (SSSR count). The highest BCUT2D eigenvalue weighted by Gasteiger charge is 2.12. The molecule has 0 atom stereocenters. The van der Waals surface area contributed by atoms with Gasteiger partial charge in [-0.25, -0.2) is 4.98 Å². The molecule has 0 aliphatic carbocycles. The van der Waals surface area contributed by atoms with E-state index in [0.717, 1.165) is 11.5 Å². The van der Waals surface area contributed by atoms with E-state index in [1.165, 1.54) is 17.3 Å². The number of aromatic nitrogens is 6. The Morgan fingerprint density at radius 2 is 1.90 bits per heavy atom. The first-order valence-electron chi connectivity index (χ1n) is 9.35. The summed E-state index contributed by atoms with van der Waals surface area (Å²) in [4.78, 5) is 19.5. The molecule has 10 heteroatoms. The maximum atomic E-state index is 5.74. The van der Waals surface area contributed by atoms with Crippen molar-refractivity contribution >= 4 is 23.7 Å². The van der Waals surface area contributed by atoms with Crippen LogP contribution in [0.4, 0.5) is 11.9 Å². The van der Waals surface area contributed by atoms with Crippen LogP contribution in [0.2, 0.25) is 0 Å². The number of rotatable bonds is 9. The molecule has 2 aromatic heterocycles. The van der Waals surface area contributed by atoms with E-state index in [-0.39, 0.29) is 6.04 Å². The highest BCUT2D eigenvalue weighted by molar-refractivity contribution is 7.99. The molecule has 0 amide bonds. The highest BCUT2D eigenvalue weighted by atomic mass is 32.2. The maximum Gasteiger partial charge on any atom is 0.258 e. The van der Waals surface area contributed by atoms with Gasteiger partial charge >= 0.3 is 0 Å². The zero-order valence-electron chi connectivity index (χ0n) is 17.3. The van der Waals surface area contributed by atoms with Crippen molar-refractivity contribution in [3.05, 3.63) is 36.2 Å². The van der Waals surface area contributed by atoms with Crippen molar-refractivity contribution in [3.63, 3.8) is 0 Å². The Kier molecular flexibility index (Phi) is 6.86. The van der Waals surface area contributed by atoms with E-state index in [9.17, 15) is 0 Å². The first kappa shape index (κ1) is 20.8. The van der Waals surface area contributed by atoms with Crippen LogP contribution in [0.5, 0.6) is 5.75 Å². The molecular weight excluding hydrogens is 388 g/mol. The third kappa shape index (κ3) is 6.05. The van der Waals surface area contributed by atoms with Crippen LogP contribution in [0.25, 0.3) is 5.95 Å². The summed E-state index contributed by atoms with van der Waals surface area (Å²) < 4.78 is 7.30. The van der Waals surface area contributed by atoms with Crippen LogP contribution in [-0.4, -0.2) is 62.2 Å². The molecule has 0 spiro atoms. The molecule has 2 heterocycles. The molecule has 1 aromatic carbocycles. The maximum absolute atomic E-state index is 5.74. The fourth-order valence-corrected chi connectivity index (χ4v) is 2.93. The minimum Gasteiger partial charge on any atom is -0.493 e. The molecule has 0 saturated heterocycles. The molecule has 0 aliphatic heterocycles. The normalized spacial score (nSPS) is 11.0. The molecule has 154 valence electrons. The van der Waals surface area contributed by atoms with Crippen molar-refractivity contribution in [3.8, 4) is 11.7 Å². The Balaban J connectivity index is 1.62. The van der Waals surface area contributed by atoms with Crippen molar-refractivity contribution in [2.24, 2.45) is 0 Å². The van der Waals surface area contributed by atoms with Crippen molar-refractivity contribution in [2.75, 3.05) is 36.7 Å². The third-order valence-electron chi connectivity index (χ3n) is 3.71. The summed E-state index contributed by atoms with van der Waals surface area (Å²) in [5.41, 5.74) is 1.21. The first-order chi connectivity index (χ1) is 13.9. The van der Waals surface area contributed by atoms with Crippen molar-refractivity contribution in [2.45, 2.75) is 32.0 Å². The number of benzene rings is 1. The molecule has 3 aromatic rings. The fraction of sp³-hybridized carbons (Fsp3) is 0.421. The van der Waals surface area contributed by atoms with Gasteiger partial charge in [0.1, 0.15) is 12.1 Å². The Morgan fingerprint density at radius 3 is 2.59 bits per heavy atom. The molecule has 0 aliphatic rings. The topological polar surface area (TPSA) is 93.9 Å². The SMILES string of the molecule is Cc1ccc(OCCSc2ncn(-c3nc(NC(C)C)nc(N(C)C)n3)n2)cc1. The molecule has 0 saturated carbocycles. The minimum absolute atomic E-state index is 0.204. The van der Waals surface area contributed by atoms with Gasteiger partial charge in [0.05, 0.1) is 6.61 Å². The van der Waals surface area contributed by atoms with Crippen LogP contribution < -0.4 is 15.0 Å². The lowest BCUT2D eigenvalue weighted by atomic mass is 10.2. The molecule has 1 N–H and O–H groups in total. The molecule has 29 heavy (non-hydrogen) atoms. The Bertz CT molecular complexity index is 926. The summed E-state index contributed by atoms with van der Waals surface area (Å²) in [5.74, 6) is 3.07. The van der Waals surface area contributed by atoms with Gasteiger partial charge in [-0.15, -0.1) is 5.10 Å². The summed E-state index contributed by atoms with van der Waals surface area (Å²) in [6.45, 7) is 6.68. The monoisotopic (exact) mass is 414 g/mol. The van der Waals surface area contributed by atoms with E-state index in [1.807, 2.05) is 57.1 Å². The predicted octanol–water partition coefficient (Wildman–Crippen LogP) is 2.82. The van der Waals surface area contributed by atoms with E-state index in [4.69, 9.17) is 4.74 Å². The molecular formula is C19H26N8OS. The second-order valence-corrected chi connectivity index (χ2v) is 8.00. The van der Waals surface area contributed by atoms with Gasteiger partial charge in [0, 0.05) is 25.9 Å². The highest BCUT2D eigenvalue weighted by Crippen LogP contribution is 2.17. The number of thioether (sulfide) groups is 1. The van der Waals surface area contributed by atoms with Gasteiger partial charge in [0.25, 0.3) is 5.95 Å². The van der Waals surface area contributed by atoms with Crippen molar-refractivity contribution in [1.29, 1.82) is 0 Å². The Morgan fingerprint density at radius 1 is 1.14 bits per heavy atom. The fourth-order valence-electron chi connectivity index (χ4n) is 2.32. The lowest BCUT2D eigenvalue weighted by Crippen LogP contribution is -2.19. The third-order valence-corrected chi connectivity index (χ3v) is 4.53. The van der Waals surface area contributed by atoms with Crippen LogP contribution in [0.3, 0.4) is 0 Å². The molecule has 0 bridgehead atoms. The lowest BCUT2D eigenvalue weighted by Gasteiger charge is -2.14. The van der Waals surface area contributed by atoms with E-state index < -0.39 is 0 Å². The van der Waals surface area contributed by atoms with Gasteiger partial charge in [-0.3, -0.25) is 0 Å². The first-order valence-corrected chi connectivity index (χ1v) is 10.3. The number of nitrogens with one attached hydrogen (secondary N) is 1. The van der Waals surface area contributed by atoms with Crippen LogP contribution in [-0.2, 0) is 0 Å². The minimum atomic E-state index is 0.204. The molecule has 0 fully saturated rings. The number of aryl methyl sites for hydroxylation is 1. The van der Waals surface area contributed by atoms with Gasteiger partial charge in [-0.2, -0.15) is 19.6 Å². The van der Waals surface area contributed by atoms with E-state index in [1.54, 1.807) is 11.0 Å². The summed E-state index contributed by atoms with van der Waals surface area (Å²) in [6, 6.07) is 8.21. The van der Waals surface area contributed by atoms with E-state index in [2.05, 4.69) is 37.3 Å². The van der Waals surface area contributed by atoms with Crippen LogP contribution in [0.1, 0.15) is 19.4 Å². The second kappa shape index (κ2) is 9.55. The van der Waals surface area contributed by atoms with Gasteiger partial charge in [0.15, 0.2) is 0 Å². The summed E-state index contributed by atoms with van der Waals surface area (Å²) >= 11 is 1.52. The summed E-state index contributed by atoms with van der Waals surface area (Å²) in [5, 5.41) is 8.32. The number of nitrogens with zero attached hydrogens (tertiary/aromatic N) is 7. The summed E-state index contributed by atoms with van der Waals surface area (Å²) in [7, 11) is 3.77. The average molecular weight is 415 g/mol. The number of hydrogen-bond acceptors (Lipinski definition) is 9. The van der Waals surface area contributed by atoms with E-state index >= 15 is 0 Å². The van der Waals surface area contributed by atoms with Crippen LogP contribution in [0, 0.1) is 6.92 Å². The number of hydrogen-bond donors (Lipinski definition) is 1. The number of anilines is 2. The molecule has 9 nitrogen and oxygen atoms in total. The zero-order valence-corrected chi connectivity index (χ0v) is 18.1. The largest absolute Gasteiger partial charge is 0.493 e. The van der Waals surface area contributed by atoms with Crippen LogP contribution in [0.15, 0.2) is 35.7 Å². The van der Waals surface area contributed by atoms with Crippen LogP contribution >= 0.6 is 11.8 Å². The summed E-state index contributed by atoms with van der Waals surface area (Å²) in [6.07, 6.45) is 1.61. The Labute approximate surface area is 174 Å². The van der Waals surface area contributed by atoms with Crippen molar-refractivity contribution < 1.29 is 4.74 Å². The molecule has 0 unspecified atom stereocenters. The van der Waals surface area contributed by atoms with Gasteiger partial charge in [0.2, 0.25) is 17.1 Å². The van der Waals surface area contributed by atoms with Gasteiger partial charge < -0.3 is 15.0 Å². The van der Waals surface area contributed by atoms with Gasteiger partial charge in [-0.05, 0) is 32.9 Å².